The number of thioether (sulfide) groups is 1. The van der Waals surface area contributed by atoms with E-state index in [2.05, 4.69) is 46.7 Å². The highest BCUT2D eigenvalue weighted by molar-refractivity contribution is 7.98. The molecule has 0 atom stereocenters. The summed E-state index contributed by atoms with van der Waals surface area (Å²) in [6.07, 6.45) is 0.896. The second kappa shape index (κ2) is 6.51. The topological polar surface area (TPSA) is 69.6 Å². The quantitative estimate of drug-likeness (QED) is 0.802. The lowest BCUT2D eigenvalue weighted by molar-refractivity contribution is 0.551. The van der Waals surface area contributed by atoms with Crippen LogP contribution < -0.4 is 5.73 Å². The van der Waals surface area contributed by atoms with Crippen molar-refractivity contribution in [3.05, 3.63) is 35.7 Å². The minimum absolute atomic E-state index is 0.657. The third-order valence-electron chi connectivity index (χ3n) is 2.57. The Kier molecular flexibility index (Phi) is 4.72. The van der Waals surface area contributed by atoms with Gasteiger partial charge in [0.25, 0.3) is 0 Å². The maximum Gasteiger partial charge on any atom is 0.161 e. The van der Waals surface area contributed by atoms with Gasteiger partial charge in [0.1, 0.15) is 0 Å². The number of tetrazole rings is 1. The predicted molar refractivity (Wildman–Crippen MR) is 72.2 cm³/mol. The van der Waals surface area contributed by atoms with E-state index >= 15 is 0 Å². The maximum absolute atomic E-state index is 5.49. The number of nitrogens with two attached hydrogens (primary N) is 1. The van der Waals surface area contributed by atoms with Crippen LogP contribution in [0.2, 0.25) is 0 Å². The van der Waals surface area contributed by atoms with E-state index in [0.717, 1.165) is 24.5 Å². The Balaban J connectivity index is 1.93. The molecule has 2 rings (SSSR count). The lowest BCUT2D eigenvalue weighted by Gasteiger charge is -2.04. The van der Waals surface area contributed by atoms with Gasteiger partial charge < -0.3 is 5.73 Å². The summed E-state index contributed by atoms with van der Waals surface area (Å²) in [6.45, 7) is 3.53. The van der Waals surface area contributed by atoms with Crippen molar-refractivity contribution in [3.63, 3.8) is 0 Å². The molecule has 0 bridgehead atoms. The zero-order valence-corrected chi connectivity index (χ0v) is 11.2. The van der Waals surface area contributed by atoms with Gasteiger partial charge in [-0.25, -0.2) is 4.68 Å². The first-order chi connectivity index (χ1) is 8.79. The first-order valence-electron chi connectivity index (χ1n) is 5.94. The monoisotopic (exact) mass is 263 g/mol. The largest absolute Gasteiger partial charge is 0.330 e. The van der Waals surface area contributed by atoms with E-state index in [0.29, 0.717) is 6.54 Å². The SMILES string of the molecule is Cc1ccc(SCc2nnnn2CCCN)cc1. The summed E-state index contributed by atoms with van der Waals surface area (Å²) < 4.78 is 1.83. The van der Waals surface area contributed by atoms with Gasteiger partial charge in [-0.3, -0.25) is 0 Å². The molecule has 2 aromatic rings. The fraction of sp³-hybridized carbons (Fsp3) is 0.417. The number of rotatable bonds is 6. The van der Waals surface area contributed by atoms with Crippen molar-refractivity contribution in [1.29, 1.82) is 0 Å². The van der Waals surface area contributed by atoms with Crippen molar-refractivity contribution in [3.8, 4) is 0 Å². The Morgan fingerprint density at radius 2 is 2.06 bits per heavy atom. The third kappa shape index (κ3) is 3.54. The molecule has 0 spiro atoms. The zero-order chi connectivity index (χ0) is 12.8. The van der Waals surface area contributed by atoms with Crippen molar-refractivity contribution < 1.29 is 0 Å². The number of hydrogen-bond donors (Lipinski definition) is 1. The van der Waals surface area contributed by atoms with Crippen LogP contribution in [0.5, 0.6) is 0 Å². The Labute approximate surface area is 111 Å². The van der Waals surface area contributed by atoms with Gasteiger partial charge >= 0.3 is 0 Å². The minimum atomic E-state index is 0.657. The van der Waals surface area contributed by atoms with Crippen molar-refractivity contribution in [2.24, 2.45) is 5.73 Å². The van der Waals surface area contributed by atoms with Crippen LogP contribution in [0.4, 0.5) is 0 Å². The van der Waals surface area contributed by atoms with Crippen LogP contribution in [0.1, 0.15) is 17.8 Å². The lowest BCUT2D eigenvalue weighted by atomic mass is 10.2. The molecule has 0 fully saturated rings. The van der Waals surface area contributed by atoms with Crippen LogP contribution in [0, 0.1) is 6.92 Å². The molecule has 6 heteroatoms. The summed E-state index contributed by atoms with van der Waals surface area (Å²) in [5, 5.41) is 11.7. The lowest BCUT2D eigenvalue weighted by Crippen LogP contribution is -2.09. The normalized spacial score (nSPS) is 10.8. The van der Waals surface area contributed by atoms with E-state index < -0.39 is 0 Å². The van der Waals surface area contributed by atoms with Crippen LogP contribution >= 0.6 is 11.8 Å². The highest BCUT2D eigenvalue weighted by Gasteiger charge is 2.06. The summed E-state index contributed by atoms with van der Waals surface area (Å²) in [4.78, 5) is 1.23. The van der Waals surface area contributed by atoms with Crippen LogP contribution in [-0.4, -0.2) is 26.8 Å². The molecule has 0 saturated carbocycles. The average Bonchev–Trinajstić information content (AvgIpc) is 2.83. The number of aromatic nitrogens is 4. The molecule has 1 aromatic heterocycles. The number of nitrogens with zero attached hydrogens (tertiary/aromatic N) is 4. The molecule has 96 valence electrons. The smallest absolute Gasteiger partial charge is 0.161 e. The molecule has 1 aromatic carbocycles. The van der Waals surface area contributed by atoms with Gasteiger partial charge in [0.05, 0.1) is 5.75 Å². The van der Waals surface area contributed by atoms with Crippen molar-refractivity contribution in [2.75, 3.05) is 6.54 Å². The second-order valence-electron chi connectivity index (χ2n) is 4.06. The summed E-state index contributed by atoms with van der Waals surface area (Å²) in [7, 11) is 0. The molecular weight excluding hydrogens is 246 g/mol. The molecule has 5 nitrogen and oxygen atoms in total. The highest BCUT2D eigenvalue weighted by Crippen LogP contribution is 2.21. The number of hydrogen-bond acceptors (Lipinski definition) is 5. The molecule has 18 heavy (non-hydrogen) atoms. The molecule has 1 heterocycles. The Morgan fingerprint density at radius 3 is 2.78 bits per heavy atom. The van der Waals surface area contributed by atoms with Gasteiger partial charge in [-0.05, 0) is 42.4 Å². The van der Waals surface area contributed by atoms with Crippen LogP contribution in [0.25, 0.3) is 0 Å². The van der Waals surface area contributed by atoms with Crippen LogP contribution in [0.15, 0.2) is 29.2 Å². The van der Waals surface area contributed by atoms with E-state index in [-0.39, 0.29) is 0 Å². The second-order valence-corrected chi connectivity index (χ2v) is 5.11. The summed E-state index contributed by atoms with van der Waals surface area (Å²) in [6, 6.07) is 8.46. The van der Waals surface area contributed by atoms with Gasteiger partial charge in [-0.1, -0.05) is 17.7 Å². The number of benzene rings is 1. The van der Waals surface area contributed by atoms with Gasteiger partial charge in [0, 0.05) is 11.4 Å². The van der Waals surface area contributed by atoms with Gasteiger partial charge in [0.2, 0.25) is 0 Å². The predicted octanol–water partition coefficient (Wildman–Crippen LogP) is 1.62. The molecule has 0 unspecified atom stereocenters. The van der Waals surface area contributed by atoms with E-state index in [9.17, 15) is 0 Å². The molecule has 2 N–H and O–H groups in total. The van der Waals surface area contributed by atoms with Gasteiger partial charge in [0.15, 0.2) is 5.82 Å². The molecule has 0 aliphatic heterocycles. The van der Waals surface area contributed by atoms with Crippen molar-refractivity contribution in [1.82, 2.24) is 20.2 Å². The zero-order valence-electron chi connectivity index (χ0n) is 10.4. The minimum Gasteiger partial charge on any atom is -0.330 e. The van der Waals surface area contributed by atoms with Crippen molar-refractivity contribution >= 4 is 11.8 Å². The molecule has 0 aliphatic carbocycles. The highest BCUT2D eigenvalue weighted by atomic mass is 32.2. The molecule has 0 amide bonds. The average molecular weight is 263 g/mol. The van der Waals surface area contributed by atoms with Crippen LogP contribution in [0.3, 0.4) is 0 Å². The Morgan fingerprint density at radius 1 is 1.28 bits per heavy atom. The summed E-state index contributed by atoms with van der Waals surface area (Å²) in [5.41, 5.74) is 6.76. The van der Waals surface area contributed by atoms with Crippen LogP contribution in [-0.2, 0) is 12.3 Å². The van der Waals surface area contributed by atoms with Gasteiger partial charge in [-0.15, -0.1) is 16.9 Å². The summed E-state index contributed by atoms with van der Waals surface area (Å²) in [5.74, 6) is 1.68. The van der Waals surface area contributed by atoms with Crippen molar-refractivity contribution in [2.45, 2.75) is 30.5 Å². The molecule has 0 aliphatic rings. The standard InChI is InChI=1S/C12H17N5S/c1-10-3-5-11(6-4-10)18-9-12-14-15-16-17(12)8-2-7-13/h3-6H,2,7-9,13H2,1H3. The summed E-state index contributed by atoms with van der Waals surface area (Å²) >= 11 is 1.74. The molecule has 0 radical (unpaired) electrons. The molecule has 0 saturated heterocycles. The third-order valence-corrected chi connectivity index (χ3v) is 3.58. The number of aryl methyl sites for hydroxylation is 2. The van der Waals surface area contributed by atoms with E-state index in [1.54, 1.807) is 11.8 Å². The van der Waals surface area contributed by atoms with E-state index in [1.165, 1.54) is 10.5 Å². The van der Waals surface area contributed by atoms with E-state index in [4.69, 9.17) is 5.73 Å². The fourth-order valence-corrected chi connectivity index (χ4v) is 2.35. The maximum atomic E-state index is 5.49. The Bertz CT molecular complexity index is 479. The first kappa shape index (κ1) is 13.0. The fourth-order valence-electron chi connectivity index (χ4n) is 1.52. The Hall–Kier alpha value is -1.40. The molecular formula is C12H17N5S. The van der Waals surface area contributed by atoms with E-state index in [1.807, 2.05) is 4.68 Å². The van der Waals surface area contributed by atoms with Gasteiger partial charge in [-0.2, -0.15) is 0 Å². The first-order valence-corrected chi connectivity index (χ1v) is 6.93.